The third kappa shape index (κ3) is 5.38. The second-order valence-electron chi connectivity index (χ2n) is 6.03. The Bertz CT molecular complexity index is 820. The van der Waals surface area contributed by atoms with Crippen LogP contribution in [0.3, 0.4) is 0 Å². The van der Waals surface area contributed by atoms with Crippen molar-refractivity contribution in [1.82, 2.24) is 10.0 Å². The molecule has 4 N–H and O–H groups in total. The molecule has 0 heterocycles. The molecule has 0 aliphatic rings. The molecule has 0 bridgehead atoms. The van der Waals surface area contributed by atoms with E-state index in [2.05, 4.69) is 10.0 Å². The number of nitrogens with one attached hydrogen (secondary N) is 2. The van der Waals surface area contributed by atoms with Gasteiger partial charge in [-0.1, -0.05) is 36.4 Å². The summed E-state index contributed by atoms with van der Waals surface area (Å²) in [7, 11) is -3.64. The van der Waals surface area contributed by atoms with E-state index in [1.54, 1.807) is 26.0 Å². The Labute approximate surface area is 148 Å². The van der Waals surface area contributed by atoms with Crippen molar-refractivity contribution in [3.8, 4) is 0 Å². The summed E-state index contributed by atoms with van der Waals surface area (Å²) >= 11 is 0. The van der Waals surface area contributed by atoms with Crippen LogP contribution < -0.4 is 15.8 Å². The molecule has 25 heavy (non-hydrogen) atoms. The molecule has 0 radical (unpaired) electrons. The molecule has 0 spiro atoms. The third-order valence-corrected chi connectivity index (χ3v) is 5.16. The van der Waals surface area contributed by atoms with Gasteiger partial charge >= 0.3 is 0 Å². The van der Waals surface area contributed by atoms with Crippen molar-refractivity contribution in [3.05, 3.63) is 65.7 Å². The van der Waals surface area contributed by atoms with Gasteiger partial charge in [-0.3, -0.25) is 4.79 Å². The standard InChI is InChI=1S/C18H23N3O3S/c1-13(2)21-25(23,24)16-10-6-9-15(11-16)18(22)20-12-17(19)14-7-4-3-5-8-14/h3-11,13,17,21H,12,19H2,1-2H3,(H,20,22). The maximum absolute atomic E-state index is 12.3. The molecule has 0 aromatic heterocycles. The number of amides is 1. The van der Waals surface area contributed by atoms with Gasteiger partial charge in [-0.2, -0.15) is 0 Å². The number of nitrogens with two attached hydrogens (primary N) is 1. The monoisotopic (exact) mass is 361 g/mol. The van der Waals surface area contributed by atoms with Crippen LogP contribution in [-0.2, 0) is 10.0 Å². The lowest BCUT2D eigenvalue weighted by atomic mass is 10.1. The number of benzene rings is 2. The van der Waals surface area contributed by atoms with E-state index in [1.807, 2.05) is 30.3 Å². The van der Waals surface area contributed by atoms with Crippen molar-refractivity contribution in [1.29, 1.82) is 0 Å². The van der Waals surface area contributed by atoms with Gasteiger partial charge in [0.25, 0.3) is 5.91 Å². The van der Waals surface area contributed by atoms with Crippen LogP contribution in [0, 0.1) is 0 Å². The van der Waals surface area contributed by atoms with Crippen molar-refractivity contribution < 1.29 is 13.2 Å². The second kappa shape index (κ2) is 8.24. The second-order valence-corrected chi connectivity index (χ2v) is 7.75. The fourth-order valence-corrected chi connectivity index (χ4v) is 3.60. The topological polar surface area (TPSA) is 101 Å². The zero-order valence-corrected chi connectivity index (χ0v) is 15.1. The van der Waals surface area contributed by atoms with Crippen LogP contribution in [0.5, 0.6) is 0 Å². The van der Waals surface area contributed by atoms with Crippen LogP contribution in [-0.4, -0.2) is 26.9 Å². The summed E-state index contributed by atoms with van der Waals surface area (Å²) in [4.78, 5) is 12.4. The number of rotatable bonds is 7. The van der Waals surface area contributed by atoms with Gasteiger partial charge in [0.05, 0.1) is 4.90 Å². The third-order valence-electron chi connectivity index (χ3n) is 3.51. The summed E-state index contributed by atoms with van der Waals surface area (Å²) in [6.45, 7) is 3.72. The van der Waals surface area contributed by atoms with Gasteiger partial charge in [0.1, 0.15) is 0 Å². The van der Waals surface area contributed by atoms with Gasteiger partial charge < -0.3 is 11.1 Å². The van der Waals surface area contributed by atoms with Crippen molar-refractivity contribution in [2.75, 3.05) is 6.54 Å². The molecule has 2 aromatic carbocycles. The first-order valence-electron chi connectivity index (χ1n) is 8.00. The average Bonchev–Trinajstić information content (AvgIpc) is 2.59. The normalized spacial score (nSPS) is 12.8. The fourth-order valence-electron chi connectivity index (χ4n) is 2.31. The summed E-state index contributed by atoms with van der Waals surface area (Å²) < 4.78 is 26.9. The minimum absolute atomic E-state index is 0.0567. The number of hydrogen-bond acceptors (Lipinski definition) is 4. The molecule has 134 valence electrons. The molecule has 2 rings (SSSR count). The predicted molar refractivity (Wildman–Crippen MR) is 97.6 cm³/mol. The molecule has 2 aromatic rings. The quantitative estimate of drug-likeness (QED) is 0.700. The van der Waals surface area contributed by atoms with E-state index < -0.39 is 10.0 Å². The number of sulfonamides is 1. The molecule has 0 aliphatic heterocycles. The number of hydrogen-bond donors (Lipinski definition) is 3. The molecule has 1 amide bonds. The average molecular weight is 361 g/mol. The van der Waals surface area contributed by atoms with Gasteiger partial charge in [-0.15, -0.1) is 0 Å². The fraction of sp³-hybridized carbons (Fsp3) is 0.278. The molecule has 0 fully saturated rings. The summed E-state index contributed by atoms with van der Waals surface area (Å²) in [5, 5.41) is 2.74. The van der Waals surface area contributed by atoms with E-state index in [-0.39, 0.29) is 35.0 Å². The van der Waals surface area contributed by atoms with Crippen molar-refractivity contribution in [2.45, 2.75) is 30.8 Å². The predicted octanol–water partition coefficient (Wildman–Crippen LogP) is 1.80. The van der Waals surface area contributed by atoms with E-state index in [1.165, 1.54) is 12.1 Å². The van der Waals surface area contributed by atoms with E-state index in [4.69, 9.17) is 5.73 Å². The first-order chi connectivity index (χ1) is 11.8. The Morgan fingerprint density at radius 3 is 2.40 bits per heavy atom. The first kappa shape index (κ1) is 19.1. The minimum Gasteiger partial charge on any atom is -0.350 e. The van der Waals surface area contributed by atoms with Crippen LogP contribution in [0.1, 0.15) is 35.8 Å². The highest BCUT2D eigenvalue weighted by atomic mass is 32.2. The van der Waals surface area contributed by atoms with Gasteiger partial charge in [0.2, 0.25) is 10.0 Å². The maximum Gasteiger partial charge on any atom is 0.251 e. The zero-order chi connectivity index (χ0) is 18.4. The van der Waals surface area contributed by atoms with Crippen LogP contribution >= 0.6 is 0 Å². The van der Waals surface area contributed by atoms with E-state index >= 15 is 0 Å². The lowest BCUT2D eigenvalue weighted by Gasteiger charge is -2.14. The van der Waals surface area contributed by atoms with Gasteiger partial charge in [0.15, 0.2) is 0 Å². The smallest absolute Gasteiger partial charge is 0.251 e. The van der Waals surface area contributed by atoms with E-state index in [0.717, 1.165) is 5.56 Å². The Kier molecular flexibility index (Phi) is 6.30. The maximum atomic E-state index is 12.3. The highest BCUT2D eigenvalue weighted by Crippen LogP contribution is 2.13. The van der Waals surface area contributed by atoms with Crippen LogP contribution in [0.15, 0.2) is 59.5 Å². The summed E-state index contributed by atoms with van der Waals surface area (Å²) in [6, 6.07) is 14.8. The Morgan fingerprint density at radius 1 is 1.08 bits per heavy atom. The van der Waals surface area contributed by atoms with E-state index in [0.29, 0.717) is 0 Å². The van der Waals surface area contributed by atoms with E-state index in [9.17, 15) is 13.2 Å². The molecule has 0 aliphatic carbocycles. The first-order valence-corrected chi connectivity index (χ1v) is 9.49. The SMILES string of the molecule is CC(C)NS(=O)(=O)c1cccc(C(=O)NCC(N)c2ccccc2)c1. The van der Waals surface area contributed by atoms with Crippen LogP contribution in [0.25, 0.3) is 0 Å². The number of carbonyl (C=O) groups excluding carboxylic acids is 1. The highest BCUT2D eigenvalue weighted by Gasteiger charge is 2.17. The Morgan fingerprint density at radius 2 is 1.76 bits per heavy atom. The van der Waals surface area contributed by atoms with Crippen molar-refractivity contribution >= 4 is 15.9 Å². The molecule has 7 heteroatoms. The van der Waals surface area contributed by atoms with Crippen molar-refractivity contribution in [3.63, 3.8) is 0 Å². The molecule has 1 atom stereocenters. The Balaban J connectivity index is 2.06. The lowest BCUT2D eigenvalue weighted by Crippen LogP contribution is -2.32. The molecule has 1 unspecified atom stereocenters. The number of carbonyl (C=O) groups is 1. The lowest BCUT2D eigenvalue weighted by molar-refractivity contribution is 0.0951. The molecular formula is C18H23N3O3S. The van der Waals surface area contributed by atoms with Crippen LogP contribution in [0.2, 0.25) is 0 Å². The minimum atomic E-state index is -3.64. The highest BCUT2D eigenvalue weighted by molar-refractivity contribution is 7.89. The summed E-state index contributed by atoms with van der Waals surface area (Å²) in [6.07, 6.45) is 0. The van der Waals surface area contributed by atoms with Gasteiger partial charge in [-0.05, 0) is 37.6 Å². The summed E-state index contributed by atoms with van der Waals surface area (Å²) in [5.74, 6) is -0.368. The zero-order valence-electron chi connectivity index (χ0n) is 14.3. The van der Waals surface area contributed by atoms with Crippen LogP contribution in [0.4, 0.5) is 0 Å². The molecule has 0 saturated carbocycles. The van der Waals surface area contributed by atoms with Crippen molar-refractivity contribution in [2.24, 2.45) is 5.73 Å². The van der Waals surface area contributed by atoms with Gasteiger partial charge in [-0.25, -0.2) is 13.1 Å². The summed E-state index contributed by atoms with van der Waals surface area (Å²) in [5.41, 5.74) is 7.24. The molecular weight excluding hydrogens is 338 g/mol. The van der Waals surface area contributed by atoms with Gasteiger partial charge in [0, 0.05) is 24.2 Å². The Hall–Kier alpha value is -2.22. The molecule has 6 nitrogen and oxygen atoms in total. The molecule has 0 saturated heterocycles. The largest absolute Gasteiger partial charge is 0.350 e.